The number of Topliss-reactive ketones (excluding diaryl/α,β-unsaturated/α-hetero) is 1. The van der Waals surface area contributed by atoms with Crippen LogP contribution in [0, 0.1) is 0 Å². The molecule has 0 saturated heterocycles. The van der Waals surface area contributed by atoms with Crippen LogP contribution in [0.3, 0.4) is 0 Å². The van der Waals surface area contributed by atoms with Crippen molar-refractivity contribution >= 4 is 28.7 Å². The van der Waals surface area contributed by atoms with E-state index in [1.165, 1.54) is 17.6 Å². The van der Waals surface area contributed by atoms with E-state index >= 15 is 0 Å². The maximum atomic E-state index is 11.1. The first-order valence-corrected chi connectivity index (χ1v) is 4.16. The summed E-state index contributed by atoms with van der Waals surface area (Å²) < 4.78 is 4.46. The Morgan fingerprint density at radius 2 is 2.17 bits per heavy atom. The Bertz CT molecular complexity index is 362. The lowest BCUT2D eigenvalue weighted by molar-refractivity contribution is -0.145. The molecule has 0 spiro atoms. The highest BCUT2D eigenvalue weighted by Crippen LogP contribution is 2.24. The number of ketones is 1. The molecule has 0 fully saturated rings. The summed E-state index contributed by atoms with van der Waals surface area (Å²) in [7, 11) is 0. The standard InChI is InChI=1S/C8H4O3S/c9-7-5(4-11-8(7)10)6-2-1-3-12-6/h1-4H. The van der Waals surface area contributed by atoms with Gasteiger partial charge in [-0.25, -0.2) is 4.79 Å². The van der Waals surface area contributed by atoms with E-state index in [1.807, 2.05) is 11.4 Å². The third-order valence-electron chi connectivity index (χ3n) is 1.50. The molecular formula is C8H4O3S. The predicted molar refractivity (Wildman–Crippen MR) is 43.4 cm³/mol. The number of esters is 1. The van der Waals surface area contributed by atoms with Crippen molar-refractivity contribution in [2.75, 3.05) is 0 Å². The van der Waals surface area contributed by atoms with Crippen LogP contribution in [0.25, 0.3) is 5.57 Å². The summed E-state index contributed by atoms with van der Waals surface area (Å²) in [5.74, 6) is -1.35. The average molecular weight is 180 g/mol. The van der Waals surface area contributed by atoms with Gasteiger partial charge in [-0.2, -0.15) is 0 Å². The molecule has 1 aromatic rings. The first-order valence-electron chi connectivity index (χ1n) is 3.28. The van der Waals surface area contributed by atoms with Gasteiger partial charge in [-0.05, 0) is 11.4 Å². The number of ether oxygens (including phenoxy) is 1. The fourth-order valence-corrected chi connectivity index (χ4v) is 1.66. The first-order chi connectivity index (χ1) is 5.79. The zero-order valence-electron chi connectivity index (χ0n) is 5.94. The molecule has 0 aliphatic carbocycles. The molecule has 4 heteroatoms. The van der Waals surface area contributed by atoms with Gasteiger partial charge in [-0.3, -0.25) is 4.79 Å². The molecule has 1 aliphatic rings. The maximum absolute atomic E-state index is 11.1. The lowest BCUT2D eigenvalue weighted by Gasteiger charge is -1.88. The molecule has 0 amide bonds. The van der Waals surface area contributed by atoms with Crippen molar-refractivity contribution in [3.8, 4) is 0 Å². The van der Waals surface area contributed by atoms with E-state index in [2.05, 4.69) is 4.74 Å². The van der Waals surface area contributed by atoms with E-state index in [0.29, 0.717) is 5.57 Å². The minimum atomic E-state index is -0.793. The van der Waals surface area contributed by atoms with Crippen molar-refractivity contribution < 1.29 is 14.3 Å². The lowest BCUT2D eigenvalue weighted by Crippen LogP contribution is -2.08. The molecular weight excluding hydrogens is 176 g/mol. The van der Waals surface area contributed by atoms with Crippen LogP contribution in [-0.2, 0) is 14.3 Å². The normalized spacial score (nSPS) is 16.2. The molecule has 2 rings (SSSR count). The summed E-state index contributed by atoms with van der Waals surface area (Å²) in [6.45, 7) is 0. The Labute approximate surface area is 72.3 Å². The van der Waals surface area contributed by atoms with Crippen LogP contribution in [-0.4, -0.2) is 11.8 Å². The Hall–Kier alpha value is -1.42. The third kappa shape index (κ3) is 0.967. The van der Waals surface area contributed by atoms with Gasteiger partial charge in [-0.15, -0.1) is 11.3 Å². The molecule has 0 saturated carbocycles. The van der Waals surface area contributed by atoms with Gasteiger partial charge in [0.2, 0.25) is 0 Å². The topological polar surface area (TPSA) is 43.4 Å². The summed E-state index contributed by atoms with van der Waals surface area (Å²) in [5, 5.41) is 1.84. The van der Waals surface area contributed by atoms with Gasteiger partial charge in [0.05, 0.1) is 5.57 Å². The number of hydrogen-bond donors (Lipinski definition) is 0. The SMILES string of the molecule is O=C1OC=C(c2cccs2)C1=O. The van der Waals surface area contributed by atoms with Crippen LogP contribution < -0.4 is 0 Å². The van der Waals surface area contributed by atoms with Crippen molar-refractivity contribution in [2.24, 2.45) is 0 Å². The molecule has 0 atom stereocenters. The summed E-state index contributed by atoms with van der Waals surface area (Å²) >= 11 is 1.40. The van der Waals surface area contributed by atoms with E-state index < -0.39 is 11.8 Å². The van der Waals surface area contributed by atoms with E-state index in [9.17, 15) is 9.59 Å². The van der Waals surface area contributed by atoms with Gasteiger partial charge in [-0.1, -0.05) is 6.07 Å². The highest BCUT2D eigenvalue weighted by molar-refractivity contribution is 7.11. The number of carbonyl (C=O) groups is 2. The predicted octanol–water partition coefficient (Wildman–Crippen LogP) is 1.21. The molecule has 1 aliphatic heterocycles. The second-order valence-corrected chi connectivity index (χ2v) is 3.19. The van der Waals surface area contributed by atoms with E-state index in [4.69, 9.17) is 0 Å². The highest BCUT2D eigenvalue weighted by Gasteiger charge is 2.28. The minimum Gasteiger partial charge on any atom is -0.428 e. The Kier molecular flexibility index (Phi) is 1.55. The van der Waals surface area contributed by atoms with Gasteiger partial charge in [0.15, 0.2) is 0 Å². The molecule has 60 valence electrons. The van der Waals surface area contributed by atoms with Crippen LogP contribution in [0.4, 0.5) is 0 Å². The number of cyclic esters (lactones) is 1. The Morgan fingerprint density at radius 1 is 1.33 bits per heavy atom. The van der Waals surface area contributed by atoms with Gasteiger partial charge < -0.3 is 4.74 Å². The largest absolute Gasteiger partial charge is 0.428 e. The number of rotatable bonds is 1. The smallest absolute Gasteiger partial charge is 0.384 e. The number of thiophene rings is 1. The molecule has 0 bridgehead atoms. The molecule has 0 aromatic carbocycles. The minimum absolute atomic E-state index is 0.356. The van der Waals surface area contributed by atoms with E-state index in [1.54, 1.807) is 6.07 Å². The quantitative estimate of drug-likeness (QED) is 0.482. The molecule has 2 heterocycles. The zero-order chi connectivity index (χ0) is 8.55. The molecule has 0 radical (unpaired) electrons. The van der Waals surface area contributed by atoms with Crippen molar-refractivity contribution in [1.29, 1.82) is 0 Å². The molecule has 12 heavy (non-hydrogen) atoms. The van der Waals surface area contributed by atoms with Crippen LogP contribution >= 0.6 is 11.3 Å². The van der Waals surface area contributed by atoms with Crippen LogP contribution in [0.2, 0.25) is 0 Å². The fraction of sp³-hybridized carbons (Fsp3) is 0. The molecule has 0 N–H and O–H groups in total. The van der Waals surface area contributed by atoms with Crippen molar-refractivity contribution in [3.63, 3.8) is 0 Å². The number of carbonyl (C=O) groups excluding carboxylic acids is 2. The zero-order valence-corrected chi connectivity index (χ0v) is 6.76. The monoisotopic (exact) mass is 180 g/mol. The summed E-state index contributed by atoms with van der Waals surface area (Å²) in [5.41, 5.74) is 0.356. The van der Waals surface area contributed by atoms with Crippen molar-refractivity contribution in [3.05, 3.63) is 28.7 Å². The van der Waals surface area contributed by atoms with E-state index in [-0.39, 0.29) is 0 Å². The van der Waals surface area contributed by atoms with Crippen LogP contribution in [0.15, 0.2) is 23.8 Å². The second-order valence-electron chi connectivity index (χ2n) is 2.24. The summed E-state index contributed by atoms with van der Waals surface area (Å²) in [6.07, 6.45) is 1.20. The van der Waals surface area contributed by atoms with Gasteiger partial charge in [0.1, 0.15) is 6.26 Å². The van der Waals surface area contributed by atoms with E-state index in [0.717, 1.165) is 4.88 Å². The van der Waals surface area contributed by atoms with Crippen LogP contribution in [0.5, 0.6) is 0 Å². The first kappa shape index (κ1) is 7.24. The number of hydrogen-bond acceptors (Lipinski definition) is 4. The fourth-order valence-electron chi connectivity index (χ4n) is 0.931. The Balaban J connectivity index is 2.39. The Morgan fingerprint density at radius 3 is 2.67 bits per heavy atom. The van der Waals surface area contributed by atoms with Crippen LogP contribution in [0.1, 0.15) is 4.88 Å². The molecule has 3 nitrogen and oxygen atoms in total. The summed E-state index contributed by atoms with van der Waals surface area (Å²) in [4.78, 5) is 22.5. The third-order valence-corrected chi connectivity index (χ3v) is 2.40. The average Bonchev–Trinajstić information content (AvgIpc) is 2.64. The van der Waals surface area contributed by atoms with Gasteiger partial charge in [0, 0.05) is 4.88 Å². The molecule has 0 unspecified atom stereocenters. The molecule has 1 aromatic heterocycles. The maximum Gasteiger partial charge on any atom is 0.384 e. The summed E-state index contributed by atoms with van der Waals surface area (Å²) in [6, 6.07) is 3.59. The highest BCUT2D eigenvalue weighted by atomic mass is 32.1. The second kappa shape index (κ2) is 2.57. The lowest BCUT2D eigenvalue weighted by atomic mass is 10.2. The van der Waals surface area contributed by atoms with Gasteiger partial charge in [0.25, 0.3) is 5.78 Å². The van der Waals surface area contributed by atoms with Gasteiger partial charge >= 0.3 is 5.97 Å². The van der Waals surface area contributed by atoms with Crippen molar-refractivity contribution in [2.45, 2.75) is 0 Å². The van der Waals surface area contributed by atoms with Crippen molar-refractivity contribution in [1.82, 2.24) is 0 Å².